The van der Waals surface area contributed by atoms with E-state index in [4.69, 9.17) is 0 Å². The summed E-state index contributed by atoms with van der Waals surface area (Å²) in [5.74, 6) is 0.605. The maximum Gasteiger partial charge on any atom is 0.262 e. The number of hydrogen-bond acceptors (Lipinski definition) is 5. The van der Waals surface area contributed by atoms with Crippen molar-refractivity contribution in [1.29, 1.82) is 0 Å². The number of fused-ring (bicyclic) bond motifs is 1. The van der Waals surface area contributed by atoms with Crippen molar-refractivity contribution < 1.29 is 9.90 Å². The molecule has 2 aliphatic rings. The Labute approximate surface area is 140 Å². The van der Waals surface area contributed by atoms with Crippen LogP contribution in [0.3, 0.4) is 0 Å². The Bertz CT molecular complexity index is 767. The van der Waals surface area contributed by atoms with Crippen molar-refractivity contribution in [2.75, 3.05) is 22.9 Å². The molecule has 124 valence electrons. The number of nitrogens with zero attached hydrogens (tertiary/aromatic N) is 4. The van der Waals surface area contributed by atoms with Gasteiger partial charge in [0, 0.05) is 25.0 Å². The first kappa shape index (κ1) is 15.1. The number of benzene rings is 1. The summed E-state index contributed by atoms with van der Waals surface area (Å²) < 4.78 is 0. The molecule has 0 spiro atoms. The number of anilines is 2. The second kappa shape index (κ2) is 5.87. The van der Waals surface area contributed by atoms with Gasteiger partial charge in [0.15, 0.2) is 0 Å². The van der Waals surface area contributed by atoms with Crippen LogP contribution in [0.15, 0.2) is 30.5 Å². The van der Waals surface area contributed by atoms with Crippen molar-refractivity contribution in [3.63, 3.8) is 0 Å². The van der Waals surface area contributed by atoms with Crippen LogP contribution in [0.1, 0.15) is 34.5 Å². The normalized spacial score (nSPS) is 18.2. The molecule has 3 heterocycles. The smallest absolute Gasteiger partial charge is 0.262 e. The van der Waals surface area contributed by atoms with Gasteiger partial charge in [-0.3, -0.25) is 4.79 Å². The van der Waals surface area contributed by atoms with Crippen molar-refractivity contribution in [2.45, 2.75) is 32.4 Å². The molecule has 1 aromatic carbocycles. The van der Waals surface area contributed by atoms with E-state index in [1.54, 1.807) is 11.1 Å². The van der Waals surface area contributed by atoms with Crippen LogP contribution in [0.25, 0.3) is 0 Å². The topological polar surface area (TPSA) is 69.6 Å². The second-order valence-electron chi connectivity index (χ2n) is 6.48. The van der Waals surface area contributed by atoms with Gasteiger partial charge < -0.3 is 14.9 Å². The summed E-state index contributed by atoms with van der Waals surface area (Å²) in [4.78, 5) is 25.4. The number of rotatable bonds is 2. The van der Waals surface area contributed by atoms with Gasteiger partial charge in [-0.15, -0.1) is 0 Å². The lowest BCUT2D eigenvalue weighted by atomic mass is 10.1. The van der Waals surface area contributed by atoms with Crippen LogP contribution in [-0.2, 0) is 6.54 Å². The first-order chi connectivity index (χ1) is 11.6. The molecule has 2 aliphatic heterocycles. The summed E-state index contributed by atoms with van der Waals surface area (Å²) in [7, 11) is 0. The lowest BCUT2D eigenvalue weighted by Gasteiger charge is -2.29. The summed E-state index contributed by atoms with van der Waals surface area (Å²) in [5.41, 5.74) is 3.40. The molecule has 1 aromatic heterocycles. The molecule has 2 aromatic rings. The minimum atomic E-state index is -0.228. The Morgan fingerprint density at radius 2 is 1.88 bits per heavy atom. The zero-order valence-electron chi connectivity index (χ0n) is 13.6. The van der Waals surface area contributed by atoms with Gasteiger partial charge in [-0.25, -0.2) is 9.97 Å². The second-order valence-corrected chi connectivity index (χ2v) is 6.48. The van der Waals surface area contributed by atoms with E-state index >= 15 is 0 Å². The van der Waals surface area contributed by atoms with Gasteiger partial charge in [0.25, 0.3) is 5.91 Å². The van der Waals surface area contributed by atoms with Crippen molar-refractivity contribution in [1.82, 2.24) is 9.97 Å². The van der Waals surface area contributed by atoms with E-state index in [1.165, 1.54) is 0 Å². The predicted octanol–water partition coefficient (Wildman–Crippen LogP) is 1.91. The van der Waals surface area contributed by atoms with Crippen molar-refractivity contribution in [3.05, 3.63) is 47.3 Å². The van der Waals surface area contributed by atoms with Crippen LogP contribution in [-0.4, -0.2) is 40.2 Å². The van der Waals surface area contributed by atoms with Crippen LogP contribution in [0.5, 0.6) is 0 Å². The number of amides is 1. The van der Waals surface area contributed by atoms with Gasteiger partial charge in [0.05, 0.1) is 23.9 Å². The number of aliphatic hydroxyl groups is 1. The molecular weight excluding hydrogens is 304 g/mol. The fourth-order valence-corrected chi connectivity index (χ4v) is 3.22. The molecule has 0 saturated carbocycles. The van der Waals surface area contributed by atoms with Crippen LogP contribution in [0.2, 0.25) is 0 Å². The largest absolute Gasteiger partial charge is 0.393 e. The number of aryl methyl sites for hydroxylation is 1. The third-order valence-corrected chi connectivity index (χ3v) is 4.73. The van der Waals surface area contributed by atoms with Crippen molar-refractivity contribution in [2.24, 2.45) is 0 Å². The molecule has 0 unspecified atom stereocenters. The predicted molar refractivity (Wildman–Crippen MR) is 91.2 cm³/mol. The van der Waals surface area contributed by atoms with Gasteiger partial charge in [-0.2, -0.15) is 0 Å². The number of piperidine rings is 1. The zero-order chi connectivity index (χ0) is 16.7. The van der Waals surface area contributed by atoms with Crippen LogP contribution in [0.4, 0.5) is 11.6 Å². The standard InChI is InChI=1S/C18H20N4O2/c1-12-2-4-13(5-3-12)22-11-16-15(17(22)24)10-19-18(20-16)21-8-6-14(23)7-9-21/h2-5,10,14,23H,6-9,11H2,1H3. The highest BCUT2D eigenvalue weighted by atomic mass is 16.3. The molecular formula is C18H20N4O2. The number of aromatic nitrogens is 2. The van der Waals surface area contributed by atoms with E-state index in [1.807, 2.05) is 31.2 Å². The Morgan fingerprint density at radius 3 is 2.58 bits per heavy atom. The quantitative estimate of drug-likeness (QED) is 0.914. The summed E-state index contributed by atoms with van der Waals surface area (Å²) >= 11 is 0. The molecule has 4 rings (SSSR count). The third kappa shape index (κ3) is 2.63. The Kier molecular flexibility index (Phi) is 3.69. The summed E-state index contributed by atoms with van der Waals surface area (Å²) in [6.07, 6.45) is 2.87. The summed E-state index contributed by atoms with van der Waals surface area (Å²) in [6.45, 7) is 3.99. The average molecular weight is 324 g/mol. The van der Waals surface area contributed by atoms with Crippen LogP contribution in [0, 0.1) is 6.92 Å². The Balaban J connectivity index is 1.58. The molecule has 0 aliphatic carbocycles. The molecule has 1 amide bonds. The molecule has 1 N–H and O–H groups in total. The highest BCUT2D eigenvalue weighted by Crippen LogP contribution is 2.28. The molecule has 1 saturated heterocycles. The van der Waals surface area contributed by atoms with Gasteiger partial charge in [-0.1, -0.05) is 17.7 Å². The summed E-state index contributed by atoms with van der Waals surface area (Å²) in [5, 5.41) is 9.62. The third-order valence-electron chi connectivity index (χ3n) is 4.73. The minimum absolute atomic E-state index is 0.0468. The van der Waals surface area contributed by atoms with Gasteiger partial charge in [0.1, 0.15) is 0 Å². The molecule has 1 fully saturated rings. The van der Waals surface area contributed by atoms with E-state index < -0.39 is 0 Å². The number of carbonyl (C=O) groups is 1. The van der Waals surface area contributed by atoms with E-state index in [2.05, 4.69) is 14.9 Å². The van der Waals surface area contributed by atoms with E-state index in [9.17, 15) is 9.90 Å². The maximum absolute atomic E-state index is 12.6. The fourth-order valence-electron chi connectivity index (χ4n) is 3.22. The van der Waals surface area contributed by atoms with E-state index in [-0.39, 0.29) is 12.0 Å². The van der Waals surface area contributed by atoms with Crippen molar-refractivity contribution >= 4 is 17.5 Å². The molecule has 0 bridgehead atoms. The molecule has 6 nitrogen and oxygen atoms in total. The van der Waals surface area contributed by atoms with E-state index in [0.29, 0.717) is 18.1 Å². The Hall–Kier alpha value is -2.47. The molecule has 0 radical (unpaired) electrons. The average Bonchev–Trinajstić information content (AvgIpc) is 2.92. The van der Waals surface area contributed by atoms with Crippen LogP contribution >= 0.6 is 0 Å². The molecule has 0 atom stereocenters. The highest BCUT2D eigenvalue weighted by Gasteiger charge is 2.31. The highest BCUT2D eigenvalue weighted by molar-refractivity contribution is 6.09. The zero-order valence-corrected chi connectivity index (χ0v) is 13.6. The minimum Gasteiger partial charge on any atom is -0.393 e. The van der Waals surface area contributed by atoms with Gasteiger partial charge in [-0.05, 0) is 31.9 Å². The van der Waals surface area contributed by atoms with Gasteiger partial charge >= 0.3 is 0 Å². The SMILES string of the molecule is Cc1ccc(N2Cc3nc(N4CCC(O)CC4)ncc3C2=O)cc1. The number of carbonyl (C=O) groups excluding carboxylic acids is 1. The van der Waals surface area contributed by atoms with Crippen molar-refractivity contribution in [3.8, 4) is 0 Å². The lowest BCUT2D eigenvalue weighted by Crippen LogP contribution is -2.37. The molecule has 24 heavy (non-hydrogen) atoms. The fraction of sp³-hybridized carbons (Fsp3) is 0.389. The first-order valence-corrected chi connectivity index (χ1v) is 8.29. The first-order valence-electron chi connectivity index (χ1n) is 8.29. The van der Waals surface area contributed by atoms with Gasteiger partial charge in [0.2, 0.25) is 5.95 Å². The summed E-state index contributed by atoms with van der Waals surface area (Å²) in [6, 6.07) is 7.92. The Morgan fingerprint density at radius 1 is 1.17 bits per heavy atom. The van der Waals surface area contributed by atoms with E-state index in [0.717, 1.165) is 42.9 Å². The lowest BCUT2D eigenvalue weighted by molar-refractivity contribution is 0.0996. The monoisotopic (exact) mass is 324 g/mol. The molecule has 6 heteroatoms. The number of aliphatic hydroxyl groups excluding tert-OH is 1. The maximum atomic E-state index is 12.6. The van der Waals surface area contributed by atoms with Crippen LogP contribution < -0.4 is 9.80 Å². The number of hydrogen-bond donors (Lipinski definition) is 1.